The van der Waals surface area contributed by atoms with Gasteiger partial charge in [-0.05, 0) is 0 Å². The van der Waals surface area contributed by atoms with Crippen molar-refractivity contribution in [3.05, 3.63) is 22.2 Å². The zero-order valence-corrected chi connectivity index (χ0v) is 11.5. The van der Waals surface area contributed by atoms with Gasteiger partial charge in [-0.25, -0.2) is 4.98 Å². The predicted molar refractivity (Wildman–Crippen MR) is 74.9 cm³/mol. The van der Waals surface area contributed by atoms with E-state index < -0.39 is 4.92 Å². The summed E-state index contributed by atoms with van der Waals surface area (Å²) in [6.45, 7) is 4.00. The Hall–Kier alpha value is -2.38. The summed E-state index contributed by atoms with van der Waals surface area (Å²) < 4.78 is 0. The molecular weight excluding hydrogens is 262 g/mol. The van der Waals surface area contributed by atoms with Crippen molar-refractivity contribution >= 4 is 23.2 Å². The van der Waals surface area contributed by atoms with Gasteiger partial charge in [0.25, 0.3) is 5.69 Å². The maximum Gasteiger partial charge on any atom is 0.276 e. The van der Waals surface area contributed by atoms with Crippen molar-refractivity contribution in [2.75, 3.05) is 43.4 Å². The minimum absolute atomic E-state index is 0.00773. The third-order valence-electron chi connectivity index (χ3n) is 3.31. The van der Waals surface area contributed by atoms with Crippen LogP contribution in [0, 0.1) is 10.1 Å². The lowest BCUT2D eigenvalue weighted by Crippen LogP contribution is -2.48. The normalized spacial score (nSPS) is 15.1. The van der Waals surface area contributed by atoms with Crippen molar-refractivity contribution in [3.63, 3.8) is 0 Å². The Bertz CT molecular complexity index is 526. The Morgan fingerprint density at radius 1 is 1.35 bits per heavy atom. The molecule has 1 aromatic heterocycles. The van der Waals surface area contributed by atoms with Crippen LogP contribution in [0.3, 0.4) is 0 Å². The van der Waals surface area contributed by atoms with E-state index >= 15 is 0 Å². The van der Waals surface area contributed by atoms with Gasteiger partial charge in [-0.2, -0.15) is 0 Å². The molecule has 1 aliphatic rings. The van der Waals surface area contributed by atoms with E-state index in [2.05, 4.69) is 10.3 Å². The predicted octanol–water partition coefficient (Wildman–Crippen LogP) is 0.700. The molecule has 0 atom stereocenters. The van der Waals surface area contributed by atoms with Crippen LogP contribution in [-0.2, 0) is 4.79 Å². The third-order valence-corrected chi connectivity index (χ3v) is 3.31. The molecule has 1 saturated heterocycles. The Morgan fingerprint density at radius 3 is 2.50 bits per heavy atom. The topological polar surface area (TPSA) is 91.6 Å². The van der Waals surface area contributed by atoms with Crippen LogP contribution < -0.4 is 10.2 Å². The van der Waals surface area contributed by atoms with Gasteiger partial charge in [0.1, 0.15) is 11.6 Å². The first-order valence-electron chi connectivity index (χ1n) is 6.36. The van der Waals surface area contributed by atoms with Gasteiger partial charge in [-0.15, -0.1) is 0 Å². The average Bonchev–Trinajstić information content (AvgIpc) is 2.46. The molecule has 8 nitrogen and oxygen atoms in total. The molecule has 0 aliphatic carbocycles. The monoisotopic (exact) mass is 279 g/mol. The summed E-state index contributed by atoms with van der Waals surface area (Å²) in [6, 6.07) is 2.86. The van der Waals surface area contributed by atoms with E-state index in [1.165, 1.54) is 12.1 Å². The number of amides is 1. The van der Waals surface area contributed by atoms with Gasteiger partial charge >= 0.3 is 0 Å². The number of rotatable bonds is 3. The second-order valence-corrected chi connectivity index (χ2v) is 4.57. The minimum Gasteiger partial charge on any atom is -0.373 e. The average molecular weight is 279 g/mol. The molecule has 2 heterocycles. The molecule has 1 N–H and O–H groups in total. The standard InChI is InChI=1S/C12H17N5O3/c1-9(18)15-3-5-16(6-4-15)12-8-10(17(19)20)7-11(13-2)14-12/h7-8H,3-6H2,1-2H3,(H,13,14). The molecule has 0 aromatic carbocycles. The summed E-state index contributed by atoms with van der Waals surface area (Å²) in [4.78, 5) is 29.8. The van der Waals surface area contributed by atoms with E-state index in [0.29, 0.717) is 37.8 Å². The molecule has 108 valence electrons. The fourth-order valence-corrected chi connectivity index (χ4v) is 2.15. The van der Waals surface area contributed by atoms with Crippen LogP contribution in [0.5, 0.6) is 0 Å². The van der Waals surface area contributed by atoms with Crippen molar-refractivity contribution in [2.45, 2.75) is 6.92 Å². The van der Waals surface area contributed by atoms with Crippen molar-refractivity contribution in [1.82, 2.24) is 9.88 Å². The smallest absolute Gasteiger partial charge is 0.276 e. The van der Waals surface area contributed by atoms with Crippen molar-refractivity contribution in [1.29, 1.82) is 0 Å². The van der Waals surface area contributed by atoms with Crippen molar-refractivity contribution in [2.24, 2.45) is 0 Å². The first-order chi connectivity index (χ1) is 9.51. The van der Waals surface area contributed by atoms with Gasteiger partial charge in [0.2, 0.25) is 5.91 Å². The highest BCUT2D eigenvalue weighted by Gasteiger charge is 2.21. The highest BCUT2D eigenvalue weighted by molar-refractivity contribution is 5.73. The summed E-state index contributed by atoms with van der Waals surface area (Å²) in [5.41, 5.74) is 0.00773. The molecule has 20 heavy (non-hydrogen) atoms. The molecule has 1 aromatic rings. The number of hydrogen-bond acceptors (Lipinski definition) is 6. The number of piperazine rings is 1. The van der Waals surface area contributed by atoms with Crippen LogP contribution in [0.2, 0.25) is 0 Å². The Balaban J connectivity index is 2.19. The summed E-state index contributed by atoms with van der Waals surface area (Å²) in [5, 5.41) is 13.7. The number of carbonyl (C=O) groups is 1. The molecule has 1 fully saturated rings. The number of aromatic nitrogens is 1. The van der Waals surface area contributed by atoms with E-state index in [0.717, 1.165) is 0 Å². The SMILES string of the molecule is CNc1cc([N+](=O)[O-])cc(N2CCN(C(C)=O)CC2)n1. The van der Waals surface area contributed by atoms with Crippen LogP contribution in [0.15, 0.2) is 12.1 Å². The Kier molecular flexibility index (Phi) is 4.02. The number of carbonyl (C=O) groups excluding carboxylic acids is 1. The molecule has 0 saturated carbocycles. The highest BCUT2D eigenvalue weighted by atomic mass is 16.6. The fourth-order valence-electron chi connectivity index (χ4n) is 2.15. The lowest BCUT2D eigenvalue weighted by Gasteiger charge is -2.34. The summed E-state index contributed by atoms with van der Waals surface area (Å²) in [6.07, 6.45) is 0. The van der Waals surface area contributed by atoms with E-state index in [1.54, 1.807) is 18.9 Å². The third kappa shape index (κ3) is 2.95. The van der Waals surface area contributed by atoms with Gasteiger partial charge in [0, 0.05) is 40.2 Å². The second-order valence-electron chi connectivity index (χ2n) is 4.57. The first kappa shape index (κ1) is 14.0. The number of nitrogens with zero attached hydrogens (tertiary/aromatic N) is 4. The number of nitrogens with one attached hydrogen (secondary N) is 1. The number of pyridine rings is 1. The quantitative estimate of drug-likeness (QED) is 0.647. The summed E-state index contributed by atoms with van der Waals surface area (Å²) in [5.74, 6) is 1.07. The Morgan fingerprint density at radius 2 is 2.00 bits per heavy atom. The molecule has 1 aliphatic heterocycles. The van der Waals surface area contributed by atoms with Gasteiger partial charge in [0.05, 0.1) is 17.1 Å². The van der Waals surface area contributed by atoms with E-state index in [-0.39, 0.29) is 11.6 Å². The lowest BCUT2D eigenvalue weighted by atomic mass is 10.3. The van der Waals surface area contributed by atoms with Crippen LogP contribution in [0.4, 0.5) is 17.3 Å². The van der Waals surface area contributed by atoms with Gasteiger partial charge in [-0.1, -0.05) is 0 Å². The highest BCUT2D eigenvalue weighted by Crippen LogP contribution is 2.24. The Labute approximate surface area is 116 Å². The van der Waals surface area contributed by atoms with Crippen LogP contribution in [0.1, 0.15) is 6.92 Å². The first-order valence-corrected chi connectivity index (χ1v) is 6.36. The number of nitro groups is 1. The molecule has 0 bridgehead atoms. The lowest BCUT2D eigenvalue weighted by molar-refractivity contribution is -0.384. The van der Waals surface area contributed by atoms with Crippen LogP contribution >= 0.6 is 0 Å². The maximum atomic E-state index is 11.3. The second kappa shape index (κ2) is 5.72. The fraction of sp³-hybridized carbons (Fsp3) is 0.500. The zero-order valence-electron chi connectivity index (χ0n) is 11.5. The molecule has 0 spiro atoms. The van der Waals surface area contributed by atoms with Crippen molar-refractivity contribution < 1.29 is 9.72 Å². The van der Waals surface area contributed by atoms with Gasteiger partial charge in [-0.3, -0.25) is 14.9 Å². The summed E-state index contributed by atoms with van der Waals surface area (Å²) in [7, 11) is 1.67. The summed E-state index contributed by atoms with van der Waals surface area (Å²) >= 11 is 0. The van der Waals surface area contributed by atoms with Crippen LogP contribution in [0.25, 0.3) is 0 Å². The van der Waals surface area contributed by atoms with E-state index in [9.17, 15) is 14.9 Å². The molecule has 2 rings (SSSR count). The molecule has 0 radical (unpaired) electrons. The number of anilines is 2. The largest absolute Gasteiger partial charge is 0.373 e. The molecular formula is C12H17N5O3. The molecule has 8 heteroatoms. The molecule has 1 amide bonds. The van der Waals surface area contributed by atoms with E-state index in [1.807, 2.05) is 4.90 Å². The molecule has 0 unspecified atom stereocenters. The number of hydrogen-bond donors (Lipinski definition) is 1. The van der Waals surface area contributed by atoms with Gasteiger partial charge < -0.3 is 15.1 Å². The maximum absolute atomic E-state index is 11.3. The minimum atomic E-state index is -0.433. The van der Waals surface area contributed by atoms with E-state index in [4.69, 9.17) is 0 Å². The van der Waals surface area contributed by atoms with Gasteiger partial charge in [0.15, 0.2) is 0 Å². The zero-order chi connectivity index (χ0) is 14.7. The van der Waals surface area contributed by atoms with Crippen LogP contribution in [-0.4, -0.2) is 53.9 Å². The van der Waals surface area contributed by atoms with Crippen molar-refractivity contribution in [3.8, 4) is 0 Å².